The number of hydrogen-bond donors (Lipinski definition) is 1. The van der Waals surface area contributed by atoms with E-state index in [1.807, 2.05) is 6.92 Å². The predicted octanol–water partition coefficient (Wildman–Crippen LogP) is 4.43. The Labute approximate surface area is 223 Å². The third kappa shape index (κ3) is 6.39. The number of hydrogen-bond acceptors (Lipinski definition) is 8. The van der Waals surface area contributed by atoms with Crippen molar-refractivity contribution in [2.45, 2.75) is 13.8 Å². The van der Waals surface area contributed by atoms with Crippen molar-refractivity contribution in [1.82, 2.24) is 5.32 Å². The number of carbonyl (C=O) groups excluding carboxylic acids is 3. The number of barbiturate groups is 1. The zero-order valence-electron chi connectivity index (χ0n) is 21.2. The molecule has 0 spiro atoms. The van der Waals surface area contributed by atoms with Crippen molar-refractivity contribution in [3.63, 3.8) is 0 Å². The highest BCUT2D eigenvalue weighted by molar-refractivity contribution is 6.39. The fourth-order valence-corrected chi connectivity index (χ4v) is 3.73. The molecule has 0 radical (unpaired) electrons. The average Bonchev–Trinajstić information content (AvgIpc) is 2.91. The number of anilines is 1. The van der Waals surface area contributed by atoms with Crippen LogP contribution < -0.4 is 24.4 Å². The molecule has 1 N–H and O–H groups in total. The summed E-state index contributed by atoms with van der Waals surface area (Å²) in [6, 6.07) is 16.6. The Morgan fingerprint density at radius 2 is 1.59 bits per heavy atom. The van der Waals surface area contributed by atoms with Crippen LogP contribution in [0.15, 0.2) is 72.3 Å². The molecule has 1 fully saturated rings. The largest absolute Gasteiger partial charge is 0.490 e. The van der Waals surface area contributed by atoms with Crippen molar-refractivity contribution >= 4 is 35.3 Å². The molecule has 4 rings (SSSR count). The van der Waals surface area contributed by atoms with Crippen LogP contribution in [0.25, 0.3) is 6.08 Å². The van der Waals surface area contributed by atoms with Gasteiger partial charge in [-0.3, -0.25) is 25.0 Å². The molecule has 1 aliphatic heterocycles. The second-order valence-electron chi connectivity index (χ2n) is 8.38. The van der Waals surface area contributed by atoms with Gasteiger partial charge < -0.3 is 14.2 Å². The quantitative estimate of drug-likeness (QED) is 0.133. The Kier molecular flexibility index (Phi) is 8.20. The highest BCUT2D eigenvalue weighted by Crippen LogP contribution is 2.30. The molecule has 0 aromatic heterocycles. The fourth-order valence-electron chi connectivity index (χ4n) is 3.73. The number of ether oxygens (including phenoxy) is 3. The fraction of sp³-hybridized carbons (Fsp3) is 0.179. The molecular weight excluding hydrogens is 506 g/mol. The summed E-state index contributed by atoms with van der Waals surface area (Å²) in [6.45, 7) is 4.35. The zero-order valence-corrected chi connectivity index (χ0v) is 21.2. The number of urea groups is 1. The number of nitro groups is 1. The molecule has 0 aliphatic carbocycles. The van der Waals surface area contributed by atoms with Crippen LogP contribution in [0.5, 0.6) is 17.2 Å². The van der Waals surface area contributed by atoms with Crippen molar-refractivity contribution in [3.8, 4) is 17.2 Å². The lowest BCUT2D eigenvalue weighted by Gasteiger charge is -2.26. The summed E-state index contributed by atoms with van der Waals surface area (Å²) in [6.07, 6.45) is 1.38. The zero-order chi connectivity index (χ0) is 27.9. The number of non-ortho nitro benzene ring substituents is 1. The van der Waals surface area contributed by atoms with Crippen LogP contribution >= 0.6 is 0 Å². The van der Waals surface area contributed by atoms with E-state index >= 15 is 0 Å². The average molecular weight is 532 g/mol. The SMILES string of the molecule is CCOc1cc(/C=C2\C(=O)NC(=O)N(c3ccc(C)cc3)C2=O)ccc1OCCOc1ccc([N+](=O)[O-])cc1. The summed E-state index contributed by atoms with van der Waals surface area (Å²) in [7, 11) is 0. The molecule has 11 heteroatoms. The van der Waals surface area contributed by atoms with Crippen molar-refractivity contribution < 1.29 is 33.5 Å². The van der Waals surface area contributed by atoms with E-state index in [2.05, 4.69) is 5.32 Å². The molecule has 11 nitrogen and oxygen atoms in total. The van der Waals surface area contributed by atoms with Gasteiger partial charge in [-0.2, -0.15) is 0 Å². The van der Waals surface area contributed by atoms with Gasteiger partial charge in [0.05, 0.1) is 17.2 Å². The van der Waals surface area contributed by atoms with E-state index in [-0.39, 0.29) is 24.5 Å². The number of amides is 4. The molecule has 1 heterocycles. The summed E-state index contributed by atoms with van der Waals surface area (Å²) in [5.41, 5.74) is 1.56. The first kappa shape index (κ1) is 26.9. The van der Waals surface area contributed by atoms with E-state index in [0.29, 0.717) is 35.1 Å². The molecule has 0 bridgehead atoms. The van der Waals surface area contributed by atoms with Gasteiger partial charge in [0.25, 0.3) is 17.5 Å². The first-order chi connectivity index (χ1) is 18.8. The van der Waals surface area contributed by atoms with Crippen molar-refractivity contribution in [3.05, 3.63) is 93.5 Å². The molecular formula is C28H25N3O8. The van der Waals surface area contributed by atoms with Gasteiger partial charge in [0, 0.05) is 12.1 Å². The number of carbonyl (C=O) groups is 3. The Morgan fingerprint density at radius 3 is 2.26 bits per heavy atom. The molecule has 200 valence electrons. The number of nitrogens with zero attached hydrogens (tertiary/aromatic N) is 2. The molecule has 1 aliphatic rings. The Morgan fingerprint density at radius 1 is 0.897 bits per heavy atom. The standard InChI is InChI=1S/C28H25N3O8/c1-3-37-25-17-19(6-13-24(25)39-15-14-38-22-11-9-21(10-12-22)31(35)36)16-23-26(32)29-28(34)30(27(23)33)20-7-4-18(2)5-8-20/h4-13,16-17H,3,14-15H2,1-2H3,(H,29,32,34)/b23-16+. The highest BCUT2D eigenvalue weighted by Gasteiger charge is 2.36. The molecule has 4 amide bonds. The van der Waals surface area contributed by atoms with Gasteiger partial charge in [0.1, 0.15) is 24.5 Å². The van der Waals surface area contributed by atoms with Crippen LogP contribution in [0.3, 0.4) is 0 Å². The number of nitro benzene ring substituents is 1. The molecule has 0 atom stereocenters. The Hall–Kier alpha value is -5.19. The monoisotopic (exact) mass is 531 g/mol. The van der Waals surface area contributed by atoms with Crippen LogP contribution in [0.4, 0.5) is 16.2 Å². The van der Waals surface area contributed by atoms with Crippen LogP contribution in [0, 0.1) is 17.0 Å². The van der Waals surface area contributed by atoms with E-state index < -0.39 is 22.8 Å². The molecule has 0 unspecified atom stereocenters. The second-order valence-corrected chi connectivity index (χ2v) is 8.38. The lowest BCUT2D eigenvalue weighted by atomic mass is 10.1. The molecule has 1 saturated heterocycles. The van der Waals surface area contributed by atoms with Crippen LogP contribution in [0.2, 0.25) is 0 Å². The Balaban J connectivity index is 1.47. The molecule has 39 heavy (non-hydrogen) atoms. The topological polar surface area (TPSA) is 137 Å². The van der Waals surface area contributed by atoms with Crippen LogP contribution in [0.1, 0.15) is 18.1 Å². The predicted molar refractivity (Wildman–Crippen MR) is 142 cm³/mol. The maximum absolute atomic E-state index is 13.1. The lowest BCUT2D eigenvalue weighted by Crippen LogP contribution is -2.54. The number of nitrogens with one attached hydrogen (secondary N) is 1. The minimum atomic E-state index is -0.819. The van der Waals surface area contributed by atoms with Gasteiger partial charge in [-0.05, 0) is 61.9 Å². The first-order valence-corrected chi connectivity index (χ1v) is 12.0. The summed E-state index contributed by atoms with van der Waals surface area (Å²) < 4.78 is 17.0. The van der Waals surface area contributed by atoms with E-state index in [1.165, 1.54) is 30.3 Å². The first-order valence-electron chi connectivity index (χ1n) is 12.0. The van der Waals surface area contributed by atoms with Crippen molar-refractivity contribution in [2.75, 3.05) is 24.7 Å². The molecule has 3 aromatic carbocycles. The molecule has 3 aromatic rings. The van der Waals surface area contributed by atoms with Crippen molar-refractivity contribution in [1.29, 1.82) is 0 Å². The maximum atomic E-state index is 13.1. The number of aryl methyl sites for hydroxylation is 1. The summed E-state index contributed by atoms with van der Waals surface area (Å²) in [5.74, 6) is -0.270. The number of rotatable bonds is 10. The summed E-state index contributed by atoms with van der Waals surface area (Å²) in [5, 5.41) is 13.0. The smallest absolute Gasteiger partial charge is 0.335 e. The third-order valence-electron chi connectivity index (χ3n) is 5.63. The van der Waals surface area contributed by atoms with E-state index in [4.69, 9.17) is 14.2 Å². The number of imide groups is 2. The van der Waals surface area contributed by atoms with Gasteiger partial charge in [0.15, 0.2) is 11.5 Å². The van der Waals surface area contributed by atoms with E-state index in [9.17, 15) is 24.5 Å². The summed E-state index contributed by atoms with van der Waals surface area (Å²) >= 11 is 0. The normalized spacial score (nSPS) is 14.3. The van der Waals surface area contributed by atoms with Gasteiger partial charge in [0.2, 0.25) is 0 Å². The van der Waals surface area contributed by atoms with Gasteiger partial charge >= 0.3 is 6.03 Å². The second kappa shape index (κ2) is 11.9. The molecule has 0 saturated carbocycles. The maximum Gasteiger partial charge on any atom is 0.335 e. The van der Waals surface area contributed by atoms with Crippen molar-refractivity contribution in [2.24, 2.45) is 0 Å². The van der Waals surface area contributed by atoms with Crippen LogP contribution in [-0.2, 0) is 9.59 Å². The van der Waals surface area contributed by atoms with Gasteiger partial charge in [-0.1, -0.05) is 23.8 Å². The van der Waals surface area contributed by atoms with E-state index in [0.717, 1.165) is 10.5 Å². The van der Waals surface area contributed by atoms with Gasteiger partial charge in [-0.25, -0.2) is 9.69 Å². The number of benzene rings is 3. The summed E-state index contributed by atoms with van der Waals surface area (Å²) in [4.78, 5) is 49.2. The Bertz CT molecular complexity index is 1430. The minimum absolute atomic E-state index is 0.0307. The van der Waals surface area contributed by atoms with Crippen LogP contribution in [-0.4, -0.2) is 42.6 Å². The third-order valence-corrected chi connectivity index (χ3v) is 5.63. The van der Waals surface area contributed by atoms with Gasteiger partial charge in [-0.15, -0.1) is 0 Å². The van der Waals surface area contributed by atoms with E-state index in [1.54, 1.807) is 49.4 Å². The highest BCUT2D eigenvalue weighted by atomic mass is 16.6. The minimum Gasteiger partial charge on any atom is -0.490 e. The lowest BCUT2D eigenvalue weighted by molar-refractivity contribution is -0.384.